The zero-order chi connectivity index (χ0) is 14.1. The van der Waals surface area contributed by atoms with Crippen LogP contribution in [-0.2, 0) is 0 Å². The average molecular weight is 333 g/mol. The SMILES string of the molecule is Fc1ccccc1C(Br)c1ccc(F)c2ccccc12. The number of hydrogen-bond donors (Lipinski definition) is 0. The molecule has 0 aromatic heterocycles. The maximum atomic E-state index is 13.9. The van der Waals surface area contributed by atoms with Crippen molar-refractivity contribution in [1.29, 1.82) is 0 Å². The summed E-state index contributed by atoms with van der Waals surface area (Å²) in [5.74, 6) is -0.541. The summed E-state index contributed by atoms with van der Waals surface area (Å²) in [5, 5.41) is 1.34. The summed E-state index contributed by atoms with van der Waals surface area (Å²) >= 11 is 3.53. The van der Waals surface area contributed by atoms with E-state index in [-0.39, 0.29) is 16.5 Å². The van der Waals surface area contributed by atoms with Gasteiger partial charge in [0.2, 0.25) is 0 Å². The monoisotopic (exact) mass is 332 g/mol. The maximum Gasteiger partial charge on any atom is 0.131 e. The molecule has 0 aliphatic rings. The molecule has 0 spiro atoms. The van der Waals surface area contributed by atoms with Crippen molar-refractivity contribution < 1.29 is 8.78 Å². The average Bonchev–Trinajstić information content (AvgIpc) is 2.48. The predicted octanol–water partition coefficient (Wildman–Crippen LogP) is 5.60. The topological polar surface area (TPSA) is 0 Å². The Hall–Kier alpha value is -1.74. The van der Waals surface area contributed by atoms with Gasteiger partial charge in [0.05, 0.1) is 4.83 Å². The number of fused-ring (bicyclic) bond motifs is 1. The number of alkyl halides is 1. The van der Waals surface area contributed by atoms with E-state index in [1.807, 2.05) is 12.1 Å². The van der Waals surface area contributed by atoms with E-state index in [1.165, 1.54) is 12.1 Å². The molecule has 20 heavy (non-hydrogen) atoms. The lowest BCUT2D eigenvalue weighted by molar-refractivity contribution is 0.613. The molecule has 0 radical (unpaired) electrons. The molecule has 3 aromatic carbocycles. The third-order valence-corrected chi connectivity index (χ3v) is 4.34. The standard InChI is InChI=1S/C17H11BrF2/c18-17(14-7-3-4-8-15(14)19)13-9-10-16(20)12-6-2-1-5-11(12)13/h1-10,17H. The Balaban J connectivity index is 2.20. The Labute approximate surface area is 124 Å². The summed E-state index contributed by atoms with van der Waals surface area (Å²) in [6, 6.07) is 16.9. The number of rotatable bonds is 2. The summed E-state index contributed by atoms with van der Waals surface area (Å²) in [7, 11) is 0. The molecule has 100 valence electrons. The molecule has 3 heteroatoms. The molecule has 0 bridgehead atoms. The molecule has 0 aliphatic carbocycles. The highest BCUT2D eigenvalue weighted by atomic mass is 79.9. The first-order valence-corrected chi connectivity index (χ1v) is 7.15. The number of benzene rings is 3. The van der Waals surface area contributed by atoms with Gasteiger partial charge in [0.15, 0.2) is 0 Å². The lowest BCUT2D eigenvalue weighted by Gasteiger charge is -2.14. The minimum atomic E-state index is -0.311. The van der Waals surface area contributed by atoms with Crippen molar-refractivity contribution in [1.82, 2.24) is 0 Å². The highest BCUT2D eigenvalue weighted by Gasteiger charge is 2.17. The van der Waals surface area contributed by atoms with Crippen LogP contribution in [0.25, 0.3) is 10.8 Å². The van der Waals surface area contributed by atoms with Crippen LogP contribution in [0.2, 0.25) is 0 Å². The summed E-state index contributed by atoms with van der Waals surface area (Å²) in [4.78, 5) is -0.311. The van der Waals surface area contributed by atoms with Gasteiger partial charge in [0, 0.05) is 10.9 Å². The van der Waals surface area contributed by atoms with Crippen molar-refractivity contribution in [3.05, 3.63) is 83.4 Å². The van der Waals surface area contributed by atoms with Crippen LogP contribution in [0.4, 0.5) is 8.78 Å². The molecular weight excluding hydrogens is 322 g/mol. The third-order valence-electron chi connectivity index (χ3n) is 3.36. The molecule has 1 unspecified atom stereocenters. The van der Waals surface area contributed by atoms with Gasteiger partial charge in [-0.25, -0.2) is 8.78 Å². The van der Waals surface area contributed by atoms with Crippen LogP contribution in [0.3, 0.4) is 0 Å². The molecule has 0 saturated heterocycles. The minimum Gasteiger partial charge on any atom is -0.207 e. The smallest absolute Gasteiger partial charge is 0.131 e. The van der Waals surface area contributed by atoms with E-state index in [2.05, 4.69) is 15.9 Å². The van der Waals surface area contributed by atoms with Gasteiger partial charge in [-0.3, -0.25) is 0 Å². The summed E-state index contributed by atoms with van der Waals surface area (Å²) in [6.45, 7) is 0. The van der Waals surface area contributed by atoms with E-state index in [0.717, 1.165) is 10.9 Å². The van der Waals surface area contributed by atoms with Gasteiger partial charge < -0.3 is 0 Å². The summed E-state index contributed by atoms with van der Waals surface area (Å²) < 4.78 is 27.7. The molecule has 1 atom stereocenters. The Bertz CT molecular complexity index is 768. The van der Waals surface area contributed by atoms with E-state index in [9.17, 15) is 8.78 Å². The fraction of sp³-hybridized carbons (Fsp3) is 0.0588. The van der Waals surface area contributed by atoms with E-state index in [1.54, 1.807) is 36.4 Å². The van der Waals surface area contributed by atoms with Crippen molar-refractivity contribution in [3.63, 3.8) is 0 Å². The second kappa shape index (κ2) is 5.33. The maximum absolute atomic E-state index is 13.9. The van der Waals surface area contributed by atoms with Crippen LogP contribution < -0.4 is 0 Å². The second-order valence-corrected chi connectivity index (χ2v) is 5.48. The summed E-state index contributed by atoms with van der Waals surface area (Å²) in [6.07, 6.45) is 0. The lowest BCUT2D eigenvalue weighted by atomic mass is 9.98. The van der Waals surface area contributed by atoms with Gasteiger partial charge in [-0.1, -0.05) is 64.5 Å². The van der Waals surface area contributed by atoms with Gasteiger partial charge >= 0.3 is 0 Å². The molecule has 3 rings (SSSR count). The van der Waals surface area contributed by atoms with E-state index < -0.39 is 0 Å². The van der Waals surface area contributed by atoms with Crippen molar-refractivity contribution in [2.24, 2.45) is 0 Å². The van der Waals surface area contributed by atoms with Crippen LogP contribution in [0.15, 0.2) is 60.7 Å². The van der Waals surface area contributed by atoms with E-state index >= 15 is 0 Å². The zero-order valence-corrected chi connectivity index (χ0v) is 12.1. The van der Waals surface area contributed by atoms with Crippen LogP contribution in [0.5, 0.6) is 0 Å². The number of hydrogen-bond acceptors (Lipinski definition) is 0. The van der Waals surface area contributed by atoms with Crippen LogP contribution in [0.1, 0.15) is 16.0 Å². The van der Waals surface area contributed by atoms with Crippen molar-refractivity contribution in [3.8, 4) is 0 Å². The second-order valence-electron chi connectivity index (χ2n) is 4.57. The quantitative estimate of drug-likeness (QED) is 0.535. The molecule has 0 fully saturated rings. The van der Waals surface area contributed by atoms with Crippen molar-refractivity contribution in [2.75, 3.05) is 0 Å². The van der Waals surface area contributed by atoms with Crippen LogP contribution in [0, 0.1) is 11.6 Å². The molecule has 0 nitrogen and oxygen atoms in total. The fourth-order valence-corrected chi connectivity index (χ4v) is 3.13. The highest BCUT2D eigenvalue weighted by Crippen LogP contribution is 2.37. The normalized spacial score (nSPS) is 12.6. The van der Waals surface area contributed by atoms with E-state index in [4.69, 9.17) is 0 Å². The zero-order valence-electron chi connectivity index (χ0n) is 10.5. The predicted molar refractivity (Wildman–Crippen MR) is 81.1 cm³/mol. The first-order valence-electron chi connectivity index (χ1n) is 6.24. The third kappa shape index (κ3) is 2.22. The van der Waals surface area contributed by atoms with Crippen LogP contribution in [-0.4, -0.2) is 0 Å². The largest absolute Gasteiger partial charge is 0.207 e. The molecule has 0 N–H and O–H groups in total. The molecule has 0 amide bonds. The Morgan fingerprint density at radius 3 is 2.05 bits per heavy atom. The van der Waals surface area contributed by atoms with Gasteiger partial charge in [0.1, 0.15) is 11.6 Å². The van der Waals surface area contributed by atoms with Gasteiger partial charge in [0.25, 0.3) is 0 Å². The first-order chi connectivity index (χ1) is 9.68. The van der Waals surface area contributed by atoms with Crippen molar-refractivity contribution >= 4 is 26.7 Å². The van der Waals surface area contributed by atoms with E-state index in [0.29, 0.717) is 10.9 Å². The fourth-order valence-electron chi connectivity index (χ4n) is 2.35. The Morgan fingerprint density at radius 2 is 1.30 bits per heavy atom. The molecule has 3 aromatic rings. The van der Waals surface area contributed by atoms with Crippen LogP contribution >= 0.6 is 15.9 Å². The highest BCUT2D eigenvalue weighted by molar-refractivity contribution is 9.09. The molecule has 0 heterocycles. The Kier molecular flexibility index (Phi) is 3.53. The Morgan fingerprint density at radius 1 is 0.650 bits per heavy atom. The van der Waals surface area contributed by atoms with Crippen molar-refractivity contribution in [2.45, 2.75) is 4.83 Å². The summed E-state index contributed by atoms with van der Waals surface area (Å²) in [5.41, 5.74) is 1.40. The van der Waals surface area contributed by atoms with Gasteiger partial charge in [-0.15, -0.1) is 0 Å². The van der Waals surface area contributed by atoms with Gasteiger partial charge in [-0.05, 0) is 23.1 Å². The van der Waals surface area contributed by atoms with Gasteiger partial charge in [-0.2, -0.15) is 0 Å². The molecule has 0 aliphatic heterocycles. The minimum absolute atomic E-state index is 0.266. The molecule has 0 saturated carbocycles. The molecular formula is C17H11BrF2. The lowest BCUT2D eigenvalue weighted by Crippen LogP contribution is -1.98. The first kappa shape index (κ1) is 13.3. The number of halogens is 3.